The molecule has 3 aromatic rings. The zero-order valence-corrected chi connectivity index (χ0v) is 16.5. The number of hydrogen-bond acceptors (Lipinski definition) is 7. The van der Waals surface area contributed by atoms with Crippen molar-refractivity contribution < 1.29 is 13.2 Å². The molecule has 1 fully saturated rings. The summed E-state index contributed by atoms with van der Waals surface area (Å²) < 4.78 is 28.6. The summed E-state index contributed by atoms with van der Waals surface area (Å²) in [5, 5.41) is 8.32. The van der Waals surface area contributed by atoms with Crippen molar-refractivity contribution in [3.63, 3.8) is 0 Å². The number of hydrogen-bond donors (Lipinski definition) is 2. The highest BCUT2D eigenvalue weighted by Gasteiger charge is 2.23. The molecule has 0 radical (unpaired) electrons. The predicted octanol–water partition coefficient (Wildman–Crippen LogP) is 2.65. The summed E-state index contributed by atoms with van der Waals surface area (Å²) in [7, 11) is -3.70. The first kappa shape index (κ1) is 19.4. The molecule has 8 nitrogen and oxygen atoms in total. The molecular formula is C20H21N5O3S. The SMILES string of the molecule is NS(=O)(=O)c1ccc(CNc2ncc(-c3ccncc3)c([C@H]3CCCO3)n2)cc1. The molecule has 1 atom stereocenters. The van der Waals surface area contributed by atoms with Crippen LogP contribution in [0, 0.1) is 0 Å². The van der Waals surface area contributed by atoms with Gasteiger partial charge in [0.2, 0.25) is 16.0 Å². The molecule has 0 spiro atoms. The first-order valence-electron chi connectivity index (χ1n) is 9.25. The number of nitrogens with two attached hydrogens (primary N) is 1. The van der Waals surface area contributed by atoms with Gasteiger partial charge in [-0.25, -0.2) is 23.5 Å². The third-order valence-electron chi connectivity index (χ3n) is 4.75. The highest BCUT2D eigenvalue weighted by atomic mass is 32.2. The number of ether oxygens (including phenoxy) is 1. The van der Waals surface area contributed by atoms with Crippen LogP contribution in [0.3, 0.4) is 0 Å². The van der Waals surface area contributed by atoms with E-state index in [-0.39, 0.29) is 11.0 Å². The summed E-state index contributed by atoms with van der Waals surface area (Å²) in [6.07, 6.45) is 7.15. The van der Waals surface area contributed by atoms with E-state index < -0.39 is 10.0 Å². The van der Waals surface area contributed by atoms with E-state index in [0.717, 1.165) is 41.8 Å². The Labute approximate surface area is 169 Å². The van der Waals surface area contributed by atoms with Gasteiger partial charge in [0.15, 0.2) is 0 Å². The minimum atomic E-state index is -3.70. The maximum atomic E-state index is 11.4. The zero-order chi connectivity index (χ0) is 20.3. The molecule has 3 N–H and O–H groups in total. The fraction of sp³-hybridized carbons (Fsp3) is 0.250. The van der Waals surface area contributed by atoms with Gasteiger partial charge in [-0.2, -0.15) is 0 Å². The number of nitrogens with one attached hydrogen (secondary N) is 1. The van der Waals surface area contributed by atoms with E-state index in [2.05, 4.69) is 15.3 Å². The average Bonchev–Trinajstić information content (AvgIpc) is 3.27. The molecule has 2 aromatic heterocycles. The molecule has 0 aliphatic carbocycles. The largest absolute Gasteiger partial charge is 0.372 e. The van der Waals surface area contributed by atoms with Crippen LogP contribution in [0.15, 0.2) is 59.9 Å². The second-order valence-corrected chi connectivity index (χ2v) is 8.33. The standard InChI is InChI=1S/C20H21N5O3S/c21-29(26,27)16-5-3-14(4-6-16)12-23-20-24-13-17(15-7-9-22-10-8-15)19(25-20)18-2-1-11-28-18/h3-10,13,18H,1-2,11-12H2,(H2,21,26,27)(H,23,24,25)/t18-/m1/s1. The number of anilines is 1. The molecule has 4 rings (SSSR count). The van der Waals surface area contributed by atoms with Crippen LogP contribution in [-0.4, -0.2) is 30.0 Å². The molecule has 0 bridgehead atoms. The zero-order valence-electron chi connectivity index (χ0n) is 15.7. The number of rotatable bonds is 6. The van der Waals surface area contributed by atoms with Gasteiger partial charge < -0.3 is 10.1 Å². The molecule has 1 saturated heterocycles. The summed E-state index contributed by atoms with van der Waals surface area (Å²) in [4.78, 5) is 13.3. The average molecular weight is 411 g/mol. The van der Waals surface area contributed by atoms with Crippen LogP contribution in [-0.2, 0) is 21.3 Å². The number of pyridine rings is 1. The quantitative estimate of drug-likeness (QED) is 0.640. The lowest BCUT2D eigenvalue weighted by Crippen LogP contribution is -2.12. The van der Waals surface area contributed by atoms with Gasteiger partial charge in [0, 0.05) is 37.3 Å². The normalized spacial score (nSPS) is 16.7. The molecule has 3 heterocycles. The number of sulfonamides is 1. The van der Waals surface area contributed by atoms with Crippen LogP contribution < -0.4 is 10.5 Å². The van der Waals surface area contributed by atoms with Gasteiger partial charge >= 0.3 is 0 Å². The molecule has 150 valence electrons. The molecule has 1 aromatic carbocycles. The summed E-state index contributed by atoms with van der Waals surface area (Å²) >= 11 is 0. The maximum absolute atomic E-state index is 11.4. The number of aromatic nitrogens is 3. The fourth-order valence-corrected chi connectivity index (χ4v) is 3.77. The maximum Gasteiger partial charge on any atom is 0.238 e. The Hall–Kier alpha value is -2.88. The Morgan fingerprint density at radius 1 is 1.14 bits per heavy atom. The lowest BCUT2D eigenvalue weighted by molar-refractivity contribution is 0.109. The number of primary sulfonamides is 1. The van der Waals surface area contributed by atoms with E-state index in [1.807, 2.05) is 12.1 Å². The third-order valence-corrected chi connectivity index (χ3v) is 5.68. The third kappa shape index (κ3) is 4.58. The fourth-order valence-electron chi connectivity index (χ4n) is 3.25. The minimum absolute atomic E-state index is 0.0595. The van der Waals surface area contributed by atoms with E-state index in [1.165, 1.54) is 12.1 Å². The molecule has 1 aliphatic heterocycles. The minimum Gasteiger partial charge on any atom is -0.372 e. The summed E-state index contributed by atoms with van der Waals surface area (Å²) in [6, 6.07) is 10.2. The van der Waals surface area contributed by atoms with Gasteiger partial charge in [0.05, 0.1) is 10.6 Å². The molecular weight excluding hydrogens is 390 g/mol. The first-order valence-corrected chi connectivity index (χ1v) is 10.8. The Morgan fingerprint density at radius 2 is 1.90 bits per heavy atom. The lowest BCUT2D eigenvalue weighted by atomic mass is 10.0. The molecule has 29 heavy (non-hydrogen) atoms. The van der Waals surface area contributed by atoms with Gasteiger partial charge in [-0.1, -0.05) is 12.1 Å². The van der Waals surface area contributed by atoms with Crippen LogP contribution in [0.1, 0.15) is 30.2 Å². The van der Waals surface area contributed by atoms with E-state index in [1.54, 1.807) is 30.7 Å². The van der Waals surface area contributed by atoms with Crippen molar-refractivity contribution in [3.8, 4) is 11.1 Å². The summed E-state index contributed by atoms with van der Waals surface area (Å²) in [6.45, 7) is 1.17. The molecule has 0 saturated carbocycles. The van der Waals surface area contributed by atoms with E-state index >= 15 is 0 Å². The second kappa shape index (κ2) is 8.24. The highest BCUT2D eigenvalue weighted by Crippen LogP contribution is 2.34. The summed E-state index contributed by atoms with van der Waals surface area (Å²) in [5.41, 5.74) is 3.67. The van der Waals surface area contributed by atoms with Crippen LogP contribution in [0.5, 0.6) is 0 Å². The lowest BCUT2D eigenvalue weighted by Gasteiger charge is -2.16. The van der Waals surface area contributed by atoms with Crippen molar-refractivity contribution >= 4 is 16.0 Å². The smallest absolute Gasteiger partial charge is 0.238 e. The second-order valence-electron chi connectivity index (χ2n) is 6.77. The van der Waals surface area contributed by atoms with E-state index in [4.69, 9.17) is 14.9 Å². The van der Waals surface area contributed by atoms with Crippen molar-refractivity contribution in [1.29, 1.82) is 0 Å². The van der Waals surface area contributed by atoms with Gasteiger partial charge in [-0.05, 0) is 48.2 Å². The van der Waals surface area contributed by atoms with Gasteiger partial charge in [0.25, 0.3) is 0 Å². The van der Waals surface area contributed by atoms with Gasteiger partial charge in [-0.15, -0.1) is 0 Å². The predicted molar refractivity (Wildman–Crippen MR) is 108 cm³/mol. The van der Waals surface area contributed by atoms with Crippen LogP contribution in [0.2, 0.25) is 0 Å². The Balaban J connectivity index is 1.56. The van der Waals surface area contributed by atoms with Crippen molar-refractivity contribution in [2.45, 2.75) is 30.4 Å². The van der Waals surface area contributed by atoms with E-state index in [9.17, 15) is 8.42 Å². The Morgan fingerprint density at radius 3 is 2.55 bits per heavy atom. The molecule has 0 amide bonds. The monoisotopic (exact) mass is 411 g/mol. The summed E-state index contributed by atoms with van der Waals surface area (Å²) in [5.74, 6) is 0.490. The molecule has 9 heteroatoms. The van der Waals surface area contributed by atoms with Crippen molar-refractivity contribution in [3.05, 3.63) is 66.2 Å². The van der Waals surface area contributed by atoms with E-state index in [0.29, 0.717) is 12.5 Å². The molecule has 0 unspecified atom stereocenters. The first-order chi connectivity index (χ1) is 14.0. The van der Waals surface area contributed by atoms with Crippen molar-refractivity contribution in [2.24, 2.45) is 5.14 Å². The van der Waals surface area contributed by atoms with Gasteiger partial charge in [-0.3, -0.25) is 4.98 Å². The Bertz CT molecular complexity index is 1080. The van der Waals surface area contributed by atoms with Crippen molar-refractivity contribution in [1.82, 2.24) is 15.0 Å². The molecule has 1 aliphatic rings. The highest BCUT2D eigenvalue weighted by molar-refractivity contribution is 7.89. The van der Waals surface area contributed by atoms with Gasteiger partial charge in [0.1, 0.15) is 6.10 Å². The van der Waals surface area contributed by atoms with Crippen LogP contribution in [0.4, 0.5) is 5.95 Å². The number of benzene rings is 1. The Kier molecular flexibility index (Phi) is 5.52. The number of nitrogens with zero attached hydrogens (tertiary/aromatic N) is 3. The van der Waals surface area contributed by atoms with Crippen LogP contribution >= 0.6 is 0 Å². The van der Waals surface area contributed by atoms with Crippen molar-refractivity contribution in [2.75, 3.05) is 11.9 Å². The van der Waals surface area contributed by atoms with Crippen LogP contribution in [0.25, 0.3) is 11.1 Å². The topological polar surface area (TPSA) is 120 Å².